The molecule has 0 unspecified atom stereocenters. The fourth-order valence-electron chi connectivity index (χ4n) is 0.605. The number of hydrogen-bond donors (Lipinski definition) is 0. The molecule has 3 heteroatoms. The molecule has 0 spiro atoms. The second kappa shape index (κ2) is 2.02. The summed E-state index contributed by atoms with van der Waals surface area (Å²) >= 11 is 0. The van der Waals surface area contributed by atoms with E-state index in [4.69, 9.17) is 4.74 Å². The number of nitroso groups, excluding NO2 is 1. The molecular formula is C4H7NO2. The van der Waals surface area contributed by atoms with E-state index in [9.17, 15) is 4.91 Å². The Hall–Kier alpha value is -0.440. The summed E-state index contributed by atoms with van der Waals surface area (Å²) in [7, 11) is 0. The third-order valence-corrected chi connectivity index (χ3v) is 1.05. The maximum Gasteiger partial charge on any atom is 0.117 e. The maximum absolute atomic E-state index is 9.68. The summed E-state index contributed by atoms with van der Waals surface area (Å²) in [5, 5.41) is 2.81. The Labute approximate surface area is 41.6 Å². The molecule has 1 rings (SSSR count). The van der Waals surface area contributed by atoms with Crippen LogP contribution in [0.2, 0.25) is 0 Å². The van der Waals surface area contributed by atoms with Crippen molar-refractivity contribution < 1.29 is 4.74 Å². The molecular weight excluding hydrogens is 94.0 g/mol. The van der Waals surface area contributed by atoms with Crippen LogP contribution in [-0.2, 0) is 4.74 Å². The normalized spacial score (nSPS) is 30.6. The molecule has 1 fully saturated rings. The van der Waals surface area contributed by atoms with Crippen molar-refractivity contribution in [3.05, 3.63) is 4.91 Å². The summed E-state index contributed by atoms with van der Waals surface area (Å²) in [6.07, 6.45) is 0.809. The van der Waals surface area contributed by atoms with Crippen LogP contribution in [0.15, 0.2) is 5.18 Å². The molecule has 0 aliphatic carbocycles. The van der Waals surface area contributed by atoms with Gasteiger partial charge in [0.05, 0.1) is 6.61 Å². The maximum atomic E-state index is 9.68. The monoisotopic (exact) mass is 101 g/mol. The van der Waals surface area contributed by atoms with E-state index in [-0.39, 0.29) is 6.04 Å². The Balaban J connectivity index is 2.26. The summed E-state index contributed by atoms with van der Waals surface area (Å²) in [5.41, 5.74) is 0. The molecule has 0 amide bonds. The molecule has 40 valence electrons. The molecule has 1 aliphatic rings. The van der Waals surface area contributed by atoms with Gasteiger partial charge in [-0.25, -0.2) is 0 Å². The standard InChI is InChI=1S/C4H7NO2/c6-5-4-1-2-7-3-4/h4H,1-3H2/t4-/m0/s1. The van der Waals surface area contributed by atoms with Crippen LogP contribution in [0.1, 0.15) is 6.42 Å². The van der Waals surface area contributed by atoms with E-state index >= 15 is 0 Å². The largest absolute Gasteiger partial charge is 0.379 e. The van der Waals surface area contributed by atoms with Gasteiger partial charge in [-0.1, -0.05) is 5.18 Å². The first-order valence-corrected chi connectivity index (χ1v) is 2.33. The highest BCUT2D eigenvalue weighted by atomic mass is 16.5. The Bertz CT molecular complexity index is 68.1. The number of ether oxygens (including phenoxy) is 1. The highest BCUT2D eigenvalue weighted by molar-refractivity contribution is 4.68. The van der Waals surface area contributed by atoms with Gasteiger partial charge in [-0.3, -0.25) is 0 Å². The van der Waals surface area contributed by atoms with Gasteiger partial charge in [0.15, 0.2) is 0 Å². The molecule has 1 aliphatic heterocycles. The van der Waals surface area contributed by atoms with Crippen LogP contribution < -0.4 is 0 Å². The number of hydrogen-bond acceptors (Lipinski definition) is 3. The van der Waals surface area contributed by atoms with Gasteiger partial charge in [-0.2, -0.15) is 4.91 Å². The fourth-order valence-corrected chi connectivity index (χ4v) is 0.605. The molecule has 7 heavy (non-hydrogen) atoms. The molecule has 0 N–H and O–H groups in total. The third-order valence-electron chi connectivity index (χ3n) is 1.05. The first kappa shape index (κ1) is 4.71. The van der Waals surface area contributed by atoms with Gasteiger partial charge in [-0.05, 0) is 6.42 Å². The molecule has 0 radical (unpaired) electrons. The number of rotatable bonds is 1. The Morgan fingerprint density at radius 2 is 2.57 bits per heavy atom. The summed E-state index contributed by atoms with van der Waals surface area (Å²) in [4.78, 5) is 9.68. The summed E-state index contributed by atoms with van der Waals surface area (Å²) in [5.74, 6) is 0. The second-order valence-electron chi connectivity index (χ2n) is 1.62. The first-order chi connectivity index (χ1) is 3.43. The smallest absolute Gasteiger partial charge is 0.117 e. The van der Waals surface area contributed by atoms with Gasteiger partial charge < -0.3 is 4.74 Å². The van der Waals surface area contributed by atoms with Crippen molar-refractivity contribution in [3.63, 3.8) is 0 Å². The van der Waals surface area contributed by atoms with Crippen LogP contribution in [0, 0.1) is 4.91 Å². The predicted octanol–water partition coefficient (Wildman–Crippen LogP) is 0.542. The lowest BCUT2D eigenvalue weighted by atomic mass is 10.3. The quantitative estimate of drug-likeness (QED) is 0.452. The van der Waals surface area contributed by atoms with Crippen molar-refractivity contribution in [1.29, 1.82) is 0 Å². The van der Waals surface area contributed by atoms with E-state index in [1.807, 2.05) is 0 Å². The lowest BCUT2D eigenvalue weighted by molar-refractivity contribution is 0.194. The van der Waals surface area contributed by atoms with E-state index in [0.29, 0.717) is 13.2 Å². The molecule has 1 heterocycles. The van der Waals surface area contributed by atoms with Gasteiger partial charge in [0, 0.05) is 6.61 Å². The molecule has 3 nitrogen and oxygen atoms in total. The van der Waals surface area contributed by atoms with Crippen molar-refractivity contribution in [2.75, 3.05) is 13.2 Å². The molecule has 0 saturated carbocycles. The van der Waals surface area contributed by atoms with Gasteiger partial charge in [0.25, 0.3) is 0 Å². The van der Waals surface area contributed by atoms with Gasteiger partial charge in [-0.15, -0.1) is 0 Å². The molecule has 0 bridgehead atoms. The van der Waals surface area contributed by atoms with Crippen molar-refractivity contribution in [2.24, 2.45) is 5.18 Å². The van der Waals surface area contributed by atoms with Crippen molar-refractivity contribution in [2.45, 2.75) is 12.5 Å². The Morgan fingerprint density at radius 1 is 1.71 bits per heavy atom. The average molecular weight is 101 g/mol. The lowest BCUT2D eigenvalue weighted by Gasteiger charge is -1.87. The Kier molecular flexibility index (Phi) is 1.36. The van der Waals surface area contributed by atoms with E-state index in [0.717, 1.165) is 6.42 Å². The summed E-state index contributed by atoms with van der Waals surface area (Å²) in [6.45, 7) is 1.24. The minimum Gasteiger partial charge on any atom is -0.379 e. The summed E-state index contributed by atoms with van der Waals surface area (Å²) < 4.78 is 4.85. The van der Waals surface area contributed by atoms with E-state index < -0.39 is 0 Å². The third kappa shape index (κ3) is 0.962. The highest BCUT2D eigenvalue weighted by Gasteiger charge is 2.14. The van der Waals surface area contributed by atoms with Gasteiger partial charge in [0.1, 0.15) is 6.04 Å². The number of nitrogens with zero attached hydrogens (tertiary/aromatic N) is 1. The van der Waals surface area contributed by atoms with Crippen LogP contribution in [0.3, 0.4) is 0 Å². The fraction of sp³-hybridized carbons (Fsp3) is 1.00. The van der Waals surface area contributed by atoms with Crippen LogP contribution >= 0.6 is 0 Å². The molecule has 0 aromatic heterocycles. The van der Waals surface area contributed by atoms with Crippen LogP contribution in [0.4, 0.5) is 0 Å². The van der Waals surface area contributed by atoms with Crippen molar-refractivity contribution >= 4 is 0 Å². The van der Waals surface area contributed by atoms with E-state index in [1.165, 1.54) is 0 Å². The summed E-state index contributed by atoms with van der Waals surface area (Å²) in [6, 6.07) is -0.0556. The first-order valence-electron chi connectivity index (χ1n) is 2.33. The zero-order valence-electron chi connectivity index (χ0n) is 3.96. The highest BCUT2D eigenvalue weighted by Crippen LogP contribution is 2.05. The van der Waals surface area contributed by atoms with Gasteiger partial charge in [0.2, 0.25) is 0 Å². The zero-order valence-corrected chi connectivity index (χ0v) is 3.96. The molecule has 1 saturated heterocycles. The zero-order chi connectivity index (χ0) is 5.11. The van der Waals surface area contributed by atoms with Crippen molar-refractivity contribution in [1.82, 2.24) is 0 Å². The molecule has 0 aromatic carbocycles. The molecule has 0 aromatic rings. The minimum atomic E-state index is -0.0556. The SMILES string of the molecule is O=N[C@H]1CCOC1. The van der Waals surface area contributed by atoms with Crippen LogP contribution in [0.5, 0.6) is 0 Å². The van der Waals surface area contributed by atoms with E-state index in [2.05, 4.69) is 5.18 Å². The van der Waals surface area contributed by atoms with Crippen molar-refractivity contribution in [3.8, 4) is 0 Å². The second-order valence-corrected chi connectivity index (χ2v) is 1.62. The Morgan fingerprint density at radius 3 is 2.86 bits per heavy atom. The minimum absolute atomic E-state index is 0.0556. The van der Waals surface area contributed by atoms with Crippen LogP contribution in [0.25, 0.3) is 0 Å². The van der Waals surface area contributed by atoms with Crippen LogP contribution in [-0.4, -0.2) is 19.3 Å². The predicted molar refractivity (Wildman–Crippen MR) is 25.0 cm³/mol. The topological polar surface area (TPSA) is 38.7 Å². The van der Waals surface area contributed by atoms with E-state index in [1.54, 1.807) is 0 Å². The molecule has 1 atom stereocenters. The van der Waals surface area contributed by atoms with Gasteiger partial charge >= 0.3 is 0 Å². The average Bonchev–Trinajstić information content (AvgIpc) is 2.14. The lowest BCUT2D eigenvalue weighted by Crippen LogP contribution is -1.99.